The van der Waals surface area contributed by atoms with Gasteiger partial charge in [-0.2, -0.15) is 0 Å². The van der Waals surface area contributed by atoms with Crippen LogP contribution in [0.2, 0.25) is 0 Å². The molecule has 35 heavy (non-hydrogen) atoms. The highest BCUT2D eigenvalue weighted by molar-refractivity contribution is 5.88. The maximum atomic E-state index is 12.4. The van der Waals surface area contributed by atoms with Crippen LogP contribution in [-0.2, 0) is 19.1 Å². The van der Waals surface area contributed by atoms with Crippen molar-refractivity contribution in [2.24, 2.45) is 45.3 Å². The highest BCUT2D eigenvalue weighted by Gasteiger charge is 2.83. The molecule has 192 valence electrons. The van der Waals surface area contributed by atoms with Crippen LogP contribution in [0.25, 0.3) is 0 Å². The Morgan fingerprint density at radius 1 is 1.09 bits per heavy atom. The van der Waals surface area contributed by atoms with Crippen molar-refractivity contribution in [1.29, 1.82) is 0 Å². The number of fused-ring (bicyclic) bond motifs is 2. The maximum absolute atomic E-state index is 12.4. The number of esters is 2. The van der Waals surface area contributed by atoms with Crippen molar-refractivity contribution in [3.63, 3.8) is 0 Å². The Morgan fingerprint density at radius 2 is 1.83 bits per heavy atom. The Balaban J connectivity index is 1.34. The van der Waals surface area contributed by atoms with E-state index in [0.717, 1.165) is 50.5 Å². The van der Waals surface area contributed by atoms with E-state index in [2.05, 4.69) is 32.9 Å². The summed E-state index contributed by atoms with van der Waals surface area (Å²) in [5.41, 5.74) is 0.278. The average molecular weight is 483 g/mol. The zero-order valence-electron chi connectivity index (χ0n) is 22.2. The number of carbonyl (C=O) groups excluding carboxylic acids is 2. The van der Waals surface area contributed by atoms with E-state index in [4.69, 9.17) is 9.47 Å². The SMILES string of the molecule is CC1=CC[C@@H]([C@@H](C)[C@H]2CC[C@@]3(C)[C@@H]4C[C@@H](O)[C@@H]5C(C)(C)OC(=O)C=C[C@@]56C[C@@]46CC[C@]23C)OC1=O. The lowest BCUT2D eigenvalue weighted by Gasteiger charge is -2.62. The summed E-state index contributed by atoms with van der Waals surface area (Å²) < 4.78 is 11.7. The van der Waals surface area contributed by atoms with Crippen LogP contribution in [0.15, 0.2) is 23.8 Å². The standard InChI is InChI=1S/C30H42O5/c1-17-7-8-21(34-25(17)33)18(2)19-9-11-28(6)22-15-20(31)24-26(3,4)35-23(32)10-12-30(24)16-29(22,30)14-13-27(19,28)5/h7,10,12,18-22,24,31H,8-9,11,13-16H2,1-6H3/t18-,19+,20+,21-,22-,24+,27+,28-,29-,30+/m0/s1. The Labute approximate surface area is 209 Å². The molecule has 2 aliphatic heterocycles. The van der Waals surface area contributed by atoms with Crippen LogP contribution >= 0.6 is 0 Å². The molecule has 4 aliphatic carbocycles. The summed E-state index contributed by atoms with van der Waals surface area (Å²) in [5, 5.41) is 11.6. The molecule has 6 aliphatic rings. The van der Waals surface area contributed by atoms with E-state index in [1.54, 1.807) is 6.08 Å². The molecule has 0 saturated heterocycles. The van der Waals surface area contributed by atoms with Gasteiger partial charge in [0.2, 0.25) is 0 Å². The molecule has 0 bridgehead atoms. The molecule has 5 heteroatoms. The summed E-state index contributed by atoms with van der Waals surface area (Å²) in [6.45, 7) is 13.1. The van der Waals surface area contributed by atoms with Gasteiger partial charge in [-0.15, -0.1) is 0 Å². The highest BCUT2D eigenvalue weighted by atomic mass is 16.6. The van der Waals surface area contributed by atoms with E-state index in [1.165, 1.54) is 0 Å². The van der Waals surface area contributed by atoms with Crippen molar-refractivity contribution in [2.45, 2.75) is 104 Å². The molecule has 1 N–H and O–H groups in total. The van der Waals surface area contributed by atoms with Crippen LogP contribution < -0.4 is 0 Å². The third-order valence-corrected chi connectivity index (χ3v) is 12.5. The van der Waals surface area contributed by atoms with Crippen molar-refractivity contribution >= 4 is 11.9 Å². The number of hydrogen-bond donors (Lipinski definition) is 1. The molecule has 0 unspecified atom stereocenters. The molecule has 0 amide bonds. The number of aliphatic hydroxyl groups excluding tert-OH is 1. The molecule has 4 saturated carbocycles. The number of ether oxygens (including phenoxy) is 2. The normalized spacial score (nSPS) is 52.5. The lowest BCUT2D eigenvalue weighted by atomic mass is 9.43. The zero-order chi connectivity index (χ0) is 25.2. The zero-order valence-corrected chi connectivity index (χ0v) is 22.2. The molecule has 0 aromatic heterocycles. The van der Waals surface area contributed by atoms with Gasteiger partial charge in [0.05, 0.1) is 6.10 Å². The second-order valence-corrected chi connectivity index (χ2v) is 14.0. The van der Waals surface area contributed by atoms with E-state index in [1.807, 2.05) is 20.8 Å². The fourth-order valence-corrected chi connectivity index (χ4v) is 10.7. The summed E-state index contributed by atoms with van der Waals surface area (Å²) in [7, 11) is 0. The van der Waals surface area contributed by atoms with E-state index in [-0.39, 0.29) is 45.6 Å². The van der Waals surface area contributed by atoms with Crippen molar-refractivity contribution < 1.29 is 24.2 Å². The number of cyclic esters (lactones) is 2. The van der Waals surface area contributed by atoms with Crippen molar-refractivity contribution in [3.8, 4) is 0 Å². The van der Waals surface area contributed by atoms with E-state index >= 15 is 0 Å². The van der Waals surface area contributed by atoms with Gasteiger partial charge in [0.15, 0.2) is 0 Å². The van der Waals surface area contributed by atoms with Crippen molar-refractivity contribution in [3.05, 3.63) is 23.8 Å². The predicted molar refractivity (Wildman–Crippen MR) is 132 cm³/mol. The minimum absolute atomic E-state index is 0.0476. The van der Waals surface area contributed by atoms with E-state index < -0.39 is 11.7 Å². The minimum Gasteiger partial charge on any atom is -0.458 e. The number of carbonyl (C=O) groups is 2. The lowest BCUT2D eigenvalue weighted by molar-refractivity contribution is -0.188. The molecular formula is C30H42O5. The number of hydrogen-bond acceptors (Lipinski definition) is 5. The summed E-state index contributed by atoms with van der Waals surface area (Å²) >= 11 is 0. The van der Waals surface area contributed by atoms with Gasteiger partial charge >= 0.3 is 11.9 Å². The van der Waals surface area contributed by atoms with E-state index in [9.17, 15) is 14.7 Å². The second kappa shape index (κ2) is 7.02. The quantitative estimate of drug-likeness (QED) is 0.536. The first-order valence-electron chi connectivity index (χ1n) is 13.8. The first-order chi connectivity index (χ1) is 16.3. The van der Waals surface area contributed by atoms with Crippen LogP contribution in [0.4, 0.5) is 0 Å². The largest absolute Gasteiger partial charge is 0.458 e. The summed E-state index contributed by atoms with van der Waals surface area (Å²) in [5.74, 6) is 0.711. The van der Waals surface area contributed by atoms with E-state index in [0.29, 0.717) is 17.8 Å². The fraction of sp³-hybridized carbons (Fsp3) is 0.800. The van der Waals surface area contributed by atoms with Crippen LogP contribution in [-0.4, -0.2) is 34.9 Å². The summed E-state index contributed by atoms with van der Waals surface area (Å²) in [6.07, 6.45) is 12.5. The molecule has 5 nitrogen and oxygen atoms in total. The highest BCUT2D eigenvalue weighted by Crippen LogP contribution is 2.87. The predicted octanol–water partition coefficient (Wildman–Crippen LogP) is 5.37. The number of allylic oxidation sites excluding steroid dienone is 1. The number of aliphatic hydroxyl groups is 1. The molecule has 0 aromatic carbocycles. The van der Waals surface area contributed by atoms with Crippen LogP contribution in [0.1, 0.15) is 86.5 Å². The third-order valence-electron chi connectivity index (χ3n) is 12.5. The smallest absolute Gasteiger partial charge is 0.333 e. The average Bonchev–Trinajstić information content (AvgIpc) is 3.37. The van der Waals surface area contributed by atoms with Gasteiger partial charge in [-0.3, -0.25) is 0 Å². The molecule has 0 radical (unpaired) electrons. The van der Waals surface area contributed by atoms with Gasteiger partial charge in [0.25, 0.3) is 0 Å². The third kappa shape index (κ3) is 2.80. The Hall–Kier alpha value is -1.62. The van der Waals surface area contributed by atoms with Crippen LogP contribution in [0.5, 0.6) is 0 Å². The van der Waals surface area contributed by atoms with Crippen LogP contribution in [0, 0.1) is 45.3 Å². The Morgan fingerprint density at radius 3 is 2.54 bits per heavy atom. The lowest BCUT2D eigenvalue weighted by Crippen LogP contribution is -2.59. The van der Waals surface area contributed by atoms with Gasteiger partial charge in [-0.05, 0) is 93.3 Å². The molecule has 6 rings (SSSR count). The van der Waals surface area contributed by atoms with Crippen molar-refractivity contribution in [2.75, 3.05) is 0 Å². The molecule has 4 fully saturated rings. The summed E-state index contributed by atoms with van der Waals surface area (Å²) in [6, 6.07) is 0. The van der Waals surface area contributed by atoms with Gasteiger partial charge in [-0.1, -0.05) is 32.9 Å². The van der Waals surface area contributed by atoms with Crippen LogP contribution in [0.3, 0.4) is 0 Å². The topological polar surface area (TPSA) is 72.8 Å². The fourth-order valence-electron chi connectivity index (χ4n) is 10.7. The van der Waals surface area contributed by atoms with Gasteiger partial charge in [0.1, 0.15) is 11.7 Å². The first kappa shape index (κ1) is 23.8. The van der Waals surface area contributed by atoms with Crippen molar-refractivity contribution in [1.82, 2.24) is 0 Å². The Kier molecular flexibility index (Phi) is 4.77. The Bertz CT molecular complexity index is 1040. The molecule has 2 spiro atoms. The second-order valence-electron chi connectivity index (χ2n) is 14.0. The van der Waals surface area contributed by atoms with Gasteiger partial charge in [0, 0.05) is 29.4 Å². The molecule has 0 aromatic rings. The van der Waals surface area contributed by atoms with Gasteiger partial charge in [-0.25, -0.2) is 9.59 Å². The monoisotopic (exact) mass is 482 g/mol. The molecule has 10 atom stereocenters. The first-order valence-corrected chi connectivity index (χ1v) is 13.8. The minimum atomic E-state index is -0.681. The molecule has 2 heterocycles. The summed E-state index contributed by atoms with van der Waals surface area (Å²) in [4.78, 5) is 24.7. The molecular weight excluding hydrogens is 440 g/mol. The maximum Gasteiger partial charge on any atom is 0.333 e. The van der Waals surface area contributed by atoms with Gasteiger partial charge < -0.3 is 14.6 Å². The number of rotatable bonds is 2.